The summed E-state index contributed by atoms with van der Waals surface area (Å²) in [4.78, 5) is 15.4. The molecule has 3 heterocycles. The summed E-state index contributed by atoms with van der Waals surface area (Å²) in [6, 6.07) is 49.8. The molecule has 9 aromatic rings. The van der Waals surface area contributed by atoms with E-state index < -0.39 is 0 Å². The molecule has 4 nitrogen and oxygen atoms in total. The van der Waals surface area contributed by atoms with Gasteiger partial charge in [-0.3, -0.25) is 0 Å². The Kier molecular flexibility index (Phi) is 7.00. The van der Waals surface area contributed by atoms with Crippen molar-refractivity contribution in [3.8, 4) is 39.6 Å². The van der Waals surface area contributed by atoms with Gasteiger partial charge in [0.1, 0.15) is 5.82 Å². The van der Waals surface area contributed by atoms with Crippen LogP contribution in [0.2, 0.25) is 0 Å². The fraction of sp³-hybridized carbons (Fsp3) is 0.0652. The third-order valence-electron chi connectivity index (χ3n) is 10.2. The number of hydrogen-bond donors (Lipinski definition) is 0. The molecule has 0 fully saturated rings. The summed E-state index contributed by atoms with van der Waals surface area (Å²) in [6.45, 7) is 2.22. The van der Waals surface area contributed by atoms with Crippen LogP contribution < -0.4 is 0 Å². The Bertz CT molecular complexity index is 2830. The van der Waals surface area contributed by atoms with Gasteiger partial charge in [0.05, 0.1) is 11.0 Å². The molecule has 0 aliphatic heterocycles. The van der Waals surface area contributed by atoms with Crippen molar-refractivity contribution in [3.63, 3.8) is 0 Å². The zero-order chi connectivity index (χ0) is 33.9. The van der Waals surface area contributed by atoms with E-state index in [9.17, 15) is 0 Å². The fourth-order valence-electron chi connectivity index (χ4n) is 7.71. The monoisotopic (exact) mass is 672 g/mol. The van der Waals surface area contributed by atoms with Gasteiger partial charge in [-0.15, -0.1) is 11.3 Å². The SMILES string of the molecule is CC1C=CC=CC1c1nc(-c2ccccc2)nc(-c2cccc3sc4cc(-c5cccc6c5c5ccccc5n6-c5ccccc5)ccc4c23)n1. The molecular formula is C46H32N4S. The van der Waals surface area contributed by atoms with Crippen LogP contribution in [0.5, 0.6) is 0 Å². The summed E-state index contributed by atoms with van der Waals surface area (Å²) in [6.07, 6.45) is 8.63. The number of rotatable bonds is 5. The Morgan fingerprint density at radius 2 is 1.25 bits per heavy atom. The van der Waals surface area contributed by atoms with Crippen LogP contribution in [0, 0.1) is 5.92 Å². The Morgan fingerprint density at radius 1 is 0.529 bits per heavy atom. The van der Waals surface area contributed by atoms with Gasteiger partial charge in [-0.1, -0.05) is 134 Å². The first-order valence-electron chi connectivity index (χ1n) is 17.4. The molecular weight excluding hydrogens is 641 g/mol. The third-order valence-corrected chi connectivity index (χ3v) is 11.3. The highest BCUT2D eigenvalue weighted by Crippen LogP contribution is 2.44. The lowest BCUT2D eigenvalue weighted by atomic mass is 9.89. The van der Waals surface area contributed by atoms with Crippen molar-refractivity contribution in [2.45, 2.75) is 12.8 Å². The van der Waals surface area contributed by atoms with Gasteiger partial charge in [0.2, 0.25) is 0 Å². The number of nitrogens with zero attached hydrogens (tertiary/aromatic N) is 4. The van der Waals surface area contributed by atoms with E-state index in [4.69, 9.17) is 15.0 Å². The van der Waals surface area contributed by atoms with Gasteiger partial charge in [-0.25, -0.2) is 15.0 Å². The van der Waals surface area contributed by atoms with E-state index in [1.165, 1.54) is 53.1 Å². The minimum Gasteiger partial charge on any atom is -0.309 e. The Hall–Kier alpha value is -6.17. The van der Waals surface area contributed by atoms with Crippen molar-refractivity contribution >= 4 is 53.3 Å². The van der Waals surface area contributed by atoms with Crippen LogP contribution in [0.3, 0.4) is 0 Å². The van der Waals surface area contributed by atoms with Gasteiger partial charge in [0.15, 0.2) is 11.6 Å². The van der Waals surface area contributed by atoms with E-state index >= 15 is 0 Å². The summed E-state index contributed by atoms with van der Waals surface area (Å²) in [5.74, 6) is 2.58. The van der Waals surface area contributed by atoms with Gasteiger partial charge in [0, 0.05) is 53.7 Å². The van der Waals surface area contributed by atoms with Crippen molar-refractivity contribution in [2.24, 2.45) is 5.92 Å². The molecule has 0 saturated heterocycles. The molecule has 1 aliphatic rings. The highest BCUT2D eigenvalue weighted by molar-refractivity contribution is 7.26. The van der Waals surface area contributed by atoms with Gasteiger partial charge >= 0.3 is 0 Å². The maximum absolute atomic E-state index is 5.19. The number of allylic oxidation sites excluding steroid dienone is 4. The first-order chi connectivity index (χ1) is 25.2. The van der Waals surface area contributed by atoms with Crippen molar-refractivity contribution in [2.75, 3.05) is 0 Å². The normalized spacial score (nSPS) is 15.8. The molecule has 1 aliphatic carbocycles. The lowest BCUT2D eigenvalue weighted by Gasteiger charge is -2.20. The first-order valence-corrected chi connectivity index (χ1v) is 18.2. The van der Waals surface area contributed by atoms with Gasteiger partial charge in [-0.05, 0) is 53.4 Å². The van der Waals surface area contributed by atoms with E-state index in [-0.39, 0.29) is 11.8 Å². The van der Waals surface area contributed by atoms with Crippen LogP contribution in [-0.2, 0) is 0 Å². The Balaban J connectivity index is 1.16. The molecule has 2 unspecified atom stereocenters. The first kappa shape index (κ1) is 29.7. The highest BCUT2D eigenvalue weighted by atomic mass is 32.1. The van der Waals surface area contributed by atoms with E-state index in [0.717, 1.165) is 22.6 Å². The Morgan fingerprint density at radius 3 is 2.12 bits per heavy atom. The zero-order valence-corrected chi connectivity index (χ0v) is 28.8. The number of thiophene rings is 1. The summed E-state index contributed by atoms with van der Waals surface area (Å²) < 4.78 is 4.84. The predicted octanol–water partition coefficient (Wildman–Crippen LogP) is 12.2. The second-order valence-corrected chi connectivity index (χ2v) is 14.3. The molecule has 51 heavy (non-hydrogen) atoms. The van der Waals surface area contributed by atoms with Gasteiger partial charge < -0.3 is 4.57 Å². The topological polar surface area (TPSA) is 43.6 Å². The summed E-state index contributed by atoms with van der Waals surface area (Å²) in [5.41, 5.74) is 8.03. The highest BCUT2D eigenvalue weighted by Gasteiger charge is 2.24. The third kappa shape index (κ3) is 4.92. The van der Waals surface area contributed by atoms with Crippen LogP contribution >= 0.6 is 11.3 Å². The number of aromatic nitrogens is 4. The van der Waals surface area contributed by atoms with E-state index in [2.05, 4.69) is 157 Å². The zero-order valence-electron chi connectivity index (χ0n) is 27.9. The van der Waals surface area contributed by atoms with Crippen LogP contribution in [0.4, 0.5) is 0 Å². The molecule has 0 spiro atoms. The van der Waals surface area contributed by atoms with Crippen LogP contribution in [-0.4, -0.2) is 19.5 Å². The standard InChI is InChI=1S/C46H32N4S/c1-29-14-8-9-19-33(29)45-47-44(30-15-4-2-5-16-30)48-46(49-45)37-22-13-25-40-43(37)36-27-26-31(28-41(36)51-40)34-21-12-24-39-42(34)35-20-10-11-23-38(35)50(39)32-17-6-3-7-18-32/h2-29,33H,1H3. The quantitative estimate of drug-likeness (QED) is 0.183. The summed E-state index contributed by atoms with van der Waals surface area (Å²) in [5, 5.41) is 4.92. The van der Waals surface area contributed by atoms with Crippen molar-refractivity contribution < 1.29 is 0 Å². The number of para-hydroxylation sites is 2. The predicted molar refractivity (Wildman–Crippen MR) is 214 cm³/mol. The van der Waals surface area contributed by atoms with Gasteiger partial charge in [-0.2, -0.15) is 0 Å². The van der Waals surface area contributed by atoms with Crippen molar-refractivity contribution in [1.82, 2.24) is 19.5 Å². The fourth-order valence-corrected chi connectivity index (χ4v) is 8.88. The van der Waals surface area contributed by atoms with E-state index in [0.29, 0.717) is 11.6 Å². The molecule has 0 saturated carbocycles. The second-order valence-electron chi connectivity index (χ2n) is 13.2. The van der Waals surface area contributed by atoms with E-state index in [1.54, 1.807) is 0 Å². The summed E-state index contributed by atoms with van der Waals surface area (Å²) >= 11 is 1.83. The maximum Gasteiger partial charge on any atom is 0.164 e. The molecule has 6 aromatic carbocycles. The largest absolute Gasteiger partial charge is 0.309 e. The van der Waals surface area contributed by atoms with E-state index in [1.807, 2.05) is 29.5 Å². The minimum absolute atomic E-state index is 0.0794. The summed E-state index contributed by atoms with van der Waals surface area (Å²) in [7, 11) is 0. The van der Waals surface area contributed by atoms with Crippen LogP contribution in [0.15, 0.2) is 164 Å². The average molecular weight is 673 g/mol. The molecule has 0 amide bonds. The van der Waals surface area contributed by atoms with Gasteiger partial charge in [0.25, 0.3) is 0 Å². The second kappa shape index (κ2) is 12.0. The lowest BCUT2D eigenvalue weighted by molar-refractivity contribution is 0.600. The average Bonchev–Trinajstić information content (AvgIpc) is 3.74. The molecule has 0 N–H and O–H groups in total. The molecule has 10 rings (SSSR count). The van der Waals surface area contributed by atoms with Crippen molar-refractivity contribution in [3.05, 3.63) is 170 Å². The molecule has 0 bridgehead atoms. The number of fused-ring (bicyclic) bond motifs is 6. The number of hydrogen-bond acceptors (Lipinski definition) is 4. The number of benzene rings is 6. The Labute approximate surface area is 299 Å². The minimum atomic E-state index is 0.0794. The van der Waals surface area contributed by atoms with Crippen LogP contribution in [0.25, 0.3) is 81.6 Å². The molecule has 5 heteroatoms. The lowest BCUT2D eigenvalue weighted by Crippen LogP contribution is -2.13. The molecule has 0 radical (unpaired) electrons. The maximum atomic E-state index is 5.19. The van der Waals surface area contributed by atoms with Crippen molar-refractivity contribution in [1.29, 1.82) is 0 Å². The smallest absolute Gasteiger partial charge is 0.164 e. The molecule has 3 aromatic heterocycles. The van der Waals surface area contributed by atoms with Crippen LogP contribution in [0.1, 0.15) is 18.7 Å². The molecule has 242 valence electrons. The molecule has 2 atom stereocenters.